The Balaban J connectivity index is 0.00000144. The molecular weight excluding hydrogens is 271 g/mol. The Morgan fingerprint density at radius 3 is 2.18 bits per heavy atom. The molecule has 0 spiro atoms. The molecule has 17 heavy (non-hydrogen) atoms. The minimum absolute atomic E-state index is 0. The number of rotatable bonds is 2. The van der Waals surface area contributed by atoms with Crippen LogP contribution in [0, 0.1) is 17.5 Å². The van der Waals surface area contributed by atoms with Gasteiger partial charge in [0.25, 0.3) is 0 Å². The first-order valence-electron chi connectivity index (χ1n) is 4.51. The Bertz CT molecular complexity index is 478. The molecule has 0 amide bonds. The van der Waals surface area contributed by atoms with Crippen molar-refractivity contribution in [2.75, 3.05) is 0 Å². The van der Waals surface area contributed by atoms with E-state index in [9.17, 15) is 13.2 Å². The highest BCUT2D eigenvalue weighted by Gasteiger charge is 2.19. The minimum atomic E-state index is -0.962. The van der Waals surface area contributed by atoms with Crippen LogP contribution in [0.25, 0.3) is 0 Å². The highest BCUT2D eigenvalue weighted by molar-refractivity contribution is 7.08. The predicted octanol–water partition coefficient (Wildman–Crippen LogP) is 3.64. The zero-order valence-electron chi connectivity index (χ0n) is 8.49. The molecule has 0 unspecified atom stereocenters. The summed E-state index contributed by atoms with van der Waals surface area (Å²) in [5.41, 5.74) is 6.02. The fraction of sp³-hybridized carbons (Fsp3) is 0.0909. The van der Waals surface area contributed by atoms with Gasteiger partial charge in [0.1, 0.15) is 17.5 Å². The van der Waals surface area contributed by atoms with Gasteiger partial charge in [0.15, 0.2) is 0 Å². The van der Waals surface area contributed by atoms with Crippen molar-refractivity contribution in [1.82, 2.24) is 0 Å². The fourth-order valence-corrected chi connectivity index (χ4v) is 2.17. The highest BCUT2D eigenvalue weighted by atomic mass is 35.5. The molecule has 0 aliphatic heterocycles. The second-order valence-corrected chi connectivity index (χ2v) is 4.10. The third-order valence-electron chi connectivity index (χ3n) is 2.26. The molecule has 1 nitrogen and oxygen atoms in total. The SMILES string of the molecule is Cl.N[C@@H](c1ccsc1)c1c(F)cc(F)cc1F. The lowest BCUT2D eigenvalue weighted by atomic mass is 10.0. The number of nitrogens with two attached hydrogens (primary N) is 1. The molecule has 92 valence electrons. The van der Waals surface area contributed by atoms with E-state index in [-0.39, 0.29) is 18.0 Å². The summed E-state index contributed by atoms with van der Waals surface area (Å²) in [6, 6.07) is 2.03. The first-order chi connectivity index (χ1) is 7.59. The van der Waals surface area contributed by atoms with Crippen molar-refractivity contribution in [3.05, 3.63) is 57.5 Å². The van der Waals surface area contributed by atoms with E-state index in [1.54, 1.807) is 16.8 Å². The van der Waals surface area contributed by atoms with Gasteiger partial charge in [-0.05, 0) is 22.4 Å². The summed E-state index contributed by atoms with van der Waals surface area (Å²) in [4.78, 5) is 0. The van der Waals surface area contributed by atoms with Crippen LogP contribution >= 0.6 is 23.7 Å². The van der Waals surface area contributed by atoms with Crippen LogP contribution in [0.1, 0.15) is 17.2 Å². The third-order valence-corrected chi connectivity index (χ3v) is 2.96. The van der Waals surface area contributed by atoms with E-state index in [0.717, 1.165) is 0 Å². The smallest absolute Gasteiger partial charge is 0.134 e. The van der Waals surface area contributed by atoms with Crippen molar-refractivity contribution in [3.63, 3.8) is 0 Å². The van der Waals surface area contributed by atoms with Crippen LogP contribution in [0.15, 0.2) is 29.0 Å². The van der Waals surface area contributed by atoms with Gasteiger partial charge < -0.3 is 5.73 Å². The maximum Gasteiger partial charge on any atom is 0.134 e. The van der Waals surface area contributed by atoms with Crippen molar-refractivity contribution >= 4 is 23.7 Å². The van der Waals surface area contributed by atoms with Crippen LogP contribution in [-0.2, 0) is 0 Å². The zero-order valence-corrected chi connectivity index (χ0v) is 10.1. The summed E-state index contributed by atoms with van der Waals surface area (Å²) in [5, 5.41) is 3.46. The van der Waals surface area contributed by atoms with Gasteiger partial charge in [-0.2, -0.15) is 11.3 Å². The van der Waals surface area contributed by atoms with Crippen molar-refractivity contribution in [2.24, 2.45) is 5.73 Å². The number of benzene rings is 1. The third kappa shape index (κ3) is 2.80. The van der Waals surface area contributed by atoms with Crippen molar-refractivity contribution in [1.29, 1.82) is 0 Å². The van der Waals surface area contributed by atoms with Crippen LogP contribution in [0.3, 0.4) is 0 Å². The highest BCUT2D eigenvalue weighted by Crippen LogP contribution is 2.26. The van der Waals surface area contributed by atoms with Gasteiger partial charge in [0.05, 0.1) is 6.04 Å². The molecule has 0 fully saturated rings. The maximum atomic E-state index is 13.4. The molecule has 6 heteroatoms. The summed E-state index contributed by atoms with van der Waals surface area (Å²) < 4.78 is 39.5. The molecule has 1 atom stereocenters. The van der Waals surface area contributed by atoms with Crippen molar-refractivity contribution < 1.29 is 13.2 Å². The standard InChI is InChI=1S/C11H8F3NS.ClH/c12-7-3-8(13)10(9(14)4-7)11(15)6-1-2-16-5-6;/h1-5,11H,15H2;1H/t11-;/m0./s1. The Morgan fingerprint density at radius 2 is 1.71 bits per heavy atom. The Kier molecular flexibility index (Phi) is 4.56. The molecule has 2 aromatic rings. The predicted molar refractivity (Wildman–Crippen MR) is 63.9 cm³/mol. The Hall–Kier alpha value is -1.04. The van der Waals surface area contributed by atoms with E-state index in [0.29, 0.717) is 17.7 Å². The van der Waals surface area contributed by atoms with Crippen molar-refractivity contribution in [3.8, 4) is 0 Å². The lowest BCUT2D eigenvalue weighted by Crippen LogP contribution is -2.15. The molecule has 0 aliphatic carbocycles. The van der Waals surface area contributed by atoms with Crippen LogP contribution in [0.5, 0.6) is 0 Å². The van der Waals surface area contributed by atoms with Gasteiger partial charge in [-0.3, -0.25) is 0 Å². The molecule has 0 saturated carbocycles. The van der Waals surface area contributed by atoms with E-state index < -0.39 is 23.5 Å². The van der Waals surface area contributed by atoms with Crippen LogP contribution in [0.2, 0.25) is 0 Å². The van der Waals surface area contributed by atoms with Gasteiger partial charge in [0, 0.05) is 17.7 Å². The second kappa shape index (κ2) is 5.53. The lowest BCUT2D eigenvalue weighted by Gasteiger charge is -2.12. The molecule has 1 heterocycles. The number of thiophene rings is 1. The summed E-state index contributed by atoms with van der Waals surface area (Å²) in [5.74, 6) is -2.87. The van der Waals surface area contributed by atoms with Crippen LogP contribution < -0.4 is 5.73 Å². The van der Waals surface area contributed by atoms with E-state index in [1.165, 1.54) is 11.3 Å². The topological polar surface area (TPSA) is 26.0 Å². The number of halogens is 4. The fourth-order valence-electron chi connectivity index (χ4n) is 1.47. The second-order valence-electron chi connectivity index (χ2n) is 3.32. The minimum Gasteiger partial charge on any atom is -0.320 e. The molecule has 0 aliphatic rings. The zero-order chi connectivity index (χ0) is 11.7. The molecule has 2 N–H and O–H groups in total. The summed E-state index contributed by atoms with van der Waals surface area (Å²) in [6.45, 7) is 0. The van der Waals surface area contributed by atoms with E-state index in [4.69, 9.17) is 5.73 Å². The van der Waals surface area contributed by atoms with Gasteiger partial charge in [0.2, 0.25) is 0 Å². The normalized spacial score (nSPS) is 12.0. The largest absolute Gasteiger partial charge is 0.320 e. The van der Waals surface area contributed by atoms with E-state index in [2.05, 4.69) is 0 Å². The van der Waals surface area contributed by atoms with E-state index >= 15 is 0 Å². The van der Waals surface area contributed by atoms with Crippen molar-refractivity contribution in [2.45, 2.75) is 6.04 Å². The lowest BCUT2D eigenvalue weighted by molar-refractivity contribution is 0.515. The maximum absolute atomic E-state index is 13.4. The van der Waals surface area contributed by atoms with Gasteiger partial charge in [-0.15, -0.1) is 12.4 Å². The molecule has 1 aromatic heterocycles. The number of hydrogen-bond donors (Lipinski definition) is 1. The summed E-state index contributed by atoms with van der Waals surface area (Å²) >= 11 is 1.38. The summed E-state index contributed by atoms with van der Waals surface area (Å²) in [7, 11) is 0. The monoisotopic (exact) mass is 279 g/mol. The average molecular weight is 280 g/mol. The quantitative estimate of drug-likeness (QED) is 0.892. The first-order valence-corrected chi connectivity index (χ1v) is 5.46. The Morgan fingerprint density at radius 1 is 1.12 bits per heavy atom. The van der Waals surface area contributed by atoms with Gasteiger partial charge in [-0.1, -0.05) is 0 Å². The average Bonchev–Trinajstić information content (AvgIpc) is 2.67. The molecule has 1 aromatic carbocycles. The molecule has 0 saturated heterocycles. The molecule has 2 rings (SSSR count). The van der Waals surface area contributed by atoms with Crippen LogP contribution in [0.4, 0.5) is 13.2 Å². The molecule has 0 radical (unpaired) electrons. The molecular formula is C11H9ClF3NS. The number of hydrogen-bond acceptors (Lipinski definition) is 2. The summed E-state index contributed by atoms with van der Waals surface area (Å²) in [6.07, 6.45) is 0. The van der Waals surface area contributed by atoms with Gasteiger partial charge in [-0.25, -0.2) is 13.2 Å². The first kappa shape index (κ1) is 14.0. The van der Waals surface area contributed by atoms with Crippen LogP contribution in [-0.4, -0.2) is 0 Å². The van der Waals surface area contributed by atoms with Gasteiger partial charge >= 0.3 is 0 Å². The molecule has 0 bridgehead atoms. The van der Waals surface area contributed by atoms with E-state index in [1.807, 2.05) is 0 Å². The Labute approximate surface area is 106 Å².